The quantitative estimate of drug-likeness (QED) is 0.590. The summed E-state index contributed by atoms with van der Waals surface area (Å²) in [5, 5.41) is 1.58. The zero-order valence-corrected chi connectivity index (χ0v) is 11.1. The third-order valence-corrected chi connectivity index (χ3v) is 4.07. The highest BCUT2D eigenvalue weighted by Crippen LogP contribution is 2.46. The average Bonchev–Trinajstić information content (AvgIpc) is 3.09. The third-order valence-electron chi connectivity index (χ3n) is 3.61. The molecular formula is C15H10Cl2O. The van der Waals surface area contributed by atoms with Gasteiger partial charge in [-0.05, 0) is 58.5 Å². The van der Waals surface area contributed by atoms with Crippen molar-refractivity contribution in [3.8, 4) is 11.1 Å². The molecule has 1 saturated heterocycles. The van der Waals surface area contributed by atoms with Crippen molar-refractivity contribution in [3.63, 3.8) is 0 Å². The number of epoxide rings is 1. The van der Waals surface area contributed by atoms with Crippen LogP contribution in [0.2, 0.25) is 10.0 Å². The second kappa shape index (κ2) is 3.74. The first-order valence-electron chi connectivity index (χ1n) is 5.95. The van der Waals surface area contributed by atoms with Gasteiger partial charge in [-0.1, -0.05) is 29.3 Å². The van der Waals surface area contributed by atoms with Crippen LogP contribution in [0.5, 0.6) is 0 Å². The van der Waals surface area contributed by atoms with Gasteiger partial charge in [-0.3, -0.25) is 0 Å². The van der Waals surface area contributed by atoms with Crippen molar-refractivity contribution in [1.29, 1.82) is 0 Å². The molecule has 0 bridgehead atoms. The van der Waals surface area contributed by atoms with Gasteiger partial charge in [0.05, 0.1) is 6.61 Å². The summed E-state index contributed by atoms with van der Waals surface area (Å²) in [4.78, 5) is 0. The van der Waals surface area contributed by atoms with E-state index in [0.29, 0.717) is 0 Å². The summed E-state index contributed by atoms with van der Waals surface area (Å²) in [5.41, 5.74) is 6.36. The second-order valence-electron chi connectivity index (χ2n) is 4.83. The van der Waals surface area contributed by atoms with Crippen LogP contribution in [0.1, 0.15) is 22.8 Å². The first kappa shape index (κ1) is 10.9. The Balaban J connectivity index is 1.99. The predicted octanol–water partition coefficient (Wildman–Crippen LogP) is 4.64. The maximum Gasteiger partial charge on any atom is 0.107 e. The highest BCUT2D eigenvalue weighted by Gasteiger charge is 2.32. The smallest absolute Gasteiger partial charge is 0.107 e. The molecule has 0 spiro atoms. The SMILES string of the molecule is Clc1ccc2c(c1)Cc1cc(Cl)cc([C@@H]3CO3)c1-2. The molecule has 4 rings (SSSR count). The van der Waals surface area contributed by atoms with Crippen LogP contribution in [0, 0.1) is 0 Å². The molecule has 2 aliphatic rings. The van der Waals surface area contributed by atoms with Gasteiger partial charge in [0.1, 0.15) is 6.10 Å². The van der Waals surface area contributed by atoms with E-state index in [4.69, 9.17) is 27.9 Å². The summed E-state index contributed by atoms with van der Waals surface area (Å²) in [6.07, 6.45) is 1.13. The van der Waals surface area contributed by atoms with Crippen molar-refractivity contribution >= 4 is 23.2 Å². The van der Waals surface area contributed by atoms with E-state index >= 15 is 0 Å². The van der Waals surface area contributed by atoms with Crippen molar-refractivity contribution in [3.05, 3.63) is 57.1 Å². The Hall–Kier alpha value is -1.02. The van der Waals surface area contributed by atoms with Crippen LogP contribution in [0.15, 0.2) is 30.3 Å². The molecule has 1 aliphatic heterocycles. The summed E-state index contributed by atoms with van der Waals surface area (Å²) in [6.45, 7) is 0.801. The second-order valence-corrected chi connectivity index (χ2v) is 5.70. The fourth-order valence-corrected chi connectivity index (χ4v) is 3.24. The van der Waals surface area contributed by atoms with E-state index in [1.807, 2.05) is 18.2 Å². The molecule has 0 radical (unpaired) electrons. The summed E-state index contributed by atoms with van der Waals surface area (Å²) in [5.74, 6) is 0. The number of rotatable bonds is 1. The van der Waals surface area contributed by atoms with Gasteiger partial charge in [0.15, 0.2) is 0 Å². The van der Waals surface area contributed by atoms with Gasteiger partial charge in [0.2, 0.25) is 0 Å². The van der Waals surface area contributed by atoms with E-state index in [-0.39, 0.29) is 6.10 Å². The predicted molar refractivity (Wildman–Crippen MR) is 73.4 cm³/mol. The standard InChI is InChI=1S/C15H10Cl2O/c16-10-1-2-12-8(4-10)3-9-5-11(17)6-13(15(9)12)14-7-18-14/h1-2,4-6,14H,3,7H2/t14-/m0/s1. The fourth-order valence-electron chi connectivity index (χ4n) is 2.79. The first-order chi connectivity index (χ1) is 8.72. The van der Waals surface area contributed by atoms with E-state index in [2.05, 4.69) is 12.1 Å². The Morgan fingerprint density at radius 3 is 2.56 bits per heavy atom. The number of benzene rings is 2. The molecule has 1 atom stereocenters. The largest absolute Gasteiger partial charge is 0.368 e. The Bertz CT molecular complexity index is 660. The van der Waals surface area contributed by atoms with Crippen LogP contribution in [-0.4, -0.2) is 6.61 Å². The van der Waals surface area contributed by atoms with Crippen molar-refractivity contribution in [2.24, 2.45) is 0 Å². The number of hydrogen-bond acceptors (Lipinski definition) is 1. The summed E-state index contributed by atoms with van der Waals surface area (Å²) in [6, 6.07) is 10.2. The minimum atomic E-state index is 0.221. The third kappa shape index (κ3) is 1.58. The minimum Gasteiger partial charge on any atom is -0.368 e. The molecule has 2 aromatic rings. The minimum absolute atomic E-state index is 0.221. The highest BCUT2D eigenvalue weighted by molar-refractivity contribution is 6.31. The summed E-state index contributed by atoms with van der Waals surface area (Å²) in [7, 11) is 0. The molecule has 1 nitrogen and oxygen atoms in total. The monoisotopic (exact) mass is 276 g/mol. The van der Waals surface area contributed by atoms with Gasteiger partial charge in [0.25, 0.3) is 0 Å². The van der Waals surface area contributed by atoms with Gasteiger partial charge in [0, 0.05) is 10.0 Å². The summed E-state index contributed by atoms with van der Waals surface area (Å²) >= 11 is 12.3. The topological polar surface area (TPSA) is 12.5 Å². The Morgan fingerprint density at radius 2 is 1.78 bits per heavy atom. The normalized spacial score (nSPS) is 19.6. The van der Waals surface area contributed by atoms with Crippen LogP contribution in [0.25, 0.3) is 11.1 Å². The molecule has 0 amide bonds. The summed E-state index contributed by atoms with van der Waals surface area (Å²) < 4.78 is 5.43. The zero-order valence-electron chi connectivity index (χ0n) is 9.54. The molecule has 90 valence electrons. The molecule has 1 aliphatic carbocycles. The lowest BCUT2D eigenvalue weighted by Crippen LogP contribution is -1.89. The van der Waals surface area contributed by atoms with Crippen LogP contribution in [0.4, 0.5) is 0 Å². The molecular weight excluding hydrogens is 267 g/mol. The van der Waals surface area contributed by atoms with Crippen LogP contribution in [-0.2, 0) is 11.2 Å². The first-order valence-corrected chi connectivity index (χ1v) is 6.71. The van der Waals surface area contributed by atoms with E-state index in [9.17, 15) is 0 Å². The number of halogens is 2. The Kier molecular flexibility index (Phi) is 2.25. The van der Waals surface area contributed by atoms with Crippen molar-refractivity contribution in [2.45, 2.75) is 12.5 Å². The molecule has 2 aromatic carbocycles. The van der Waals surface area contributed by atoms with Gasteiger partial charge < -0.3 is 4.74 Å². The number of ether oxygens (including phenoxy) is 1. The lowest BCUT2D eigenvalue weighted by Gasteiger charge is -2.08. The van der Waals surface area contributed by atoms with Crippen molar-refractivity contribution in [2.75, 3.05) is 6.61 Å². The van der Waals surface area contributed by atoms with E-state index in [1.165, 1.54) is 27.8 Å². The van der Waals surface area contributed by atoms with Gasteiger partial charge in [-0.2, -0.15) is 0 Å². The van der Waals surface area contributed by atoms with Crippen molar-refractivity contribution in [1.82, 2.24) is 0 Å². The van der Waals surface area contributed by atoms with Crippen LogP contribution in [0.3, 0.4) is 0 Å². The maximum atomic E-state index is 6.19. The molecule has 0 N–H and O–H groups in total. The molecule has 3 heteroatoms. The average molecular weight is 277 g/mol. The van der Waals surface area contributed by atoms with Crippen LogP contribution >= 0.6 is 23.2 Å². The molecule has 0 saturated carbocycles. The zero-order chi connectivity index (χ0) is 12.3. The van der Waals surface area contributed by atoms with Gasteiger partial charge >= 0.3 is 0 Å². The highest BCUT2D eigenvalue weighted by atomic mass is 35.5. The van der Waals surface area contributed by atoms with Crippen molar-refractivity contribution < 1.29 is 4.74 Å². The Morgan fingerprint density at radius 1 is 1.00 bits per heavy atom. The molecule has 1 fully saturated rings. The van der Waals surface area contributed by atoms with Crippen LogP contribution < -0.4 is 0 Å². The number of hydrogen-bond donors (Lipinski definition) is 0. The maximum absolute atomic E-state index is 6.19. The lowest BCUT2D eigenvalue weighted by atomic mass is 9.97. The van der Waals surface area contributed by atoms with E-state index in [0.717, 1.165) is 23.1 Å². The molecule has 1 heterocycles. The lowest BCUT2D eigenvalue weighted by molar-refractivity contribution is 0.416. The van der Waals surface area contributed by atoms with Gasteiger partial charge in [-0.25, -0.2) is 0 Å². The molecule has 0 unspecified atom stereocenters. The van der Waals surface area contributed by atoms with Gasteiger partial charge in [-0.15, -0.1) is 0 Å². The fraction of sp³-hybridized carbons (Fsp3) is 0.200. The molecule has 18 heavy (non-hydrogen) atoms. The van der Waals surface area contributed by atoms with E-state index < -0.39 is 0 Å². The molecule has 0 aromatic heterocycles. The van der Waals surface area contributed by atoms with E-state index in [1.54, 1.807) is 0 Å². The Labute approximate surface area is 115 Å². The number of fused-ring (bicyclic) bond motifs is 3.